The van der Waals surface area contributed by atoms with Gasteiger partial charge in [0.2, 0.25) is 0 Å². The number of aryl methyl sites for hydroxylation is 2. The third kappa shape index (κ3) is 4.03. The van der Waals surface area contributed by atoms with Gasteiger partial charge >= 0.3 is 5.69 Å². The van der Waals surface area contributed by atoms with Gasteiger partial charge in [0, 0.05) is 13.1 Å². The molecule has 33 heavy (non-hydrogen) atoms. The minimum absolute atomic E-state index is 0.182. The standard InChI is InChI=1S/C26H25N5O2/c1-16-14-21-22(15-17(16)2)31(24-23(28-21)25(32)30-26(33)29-24)13-12-27-11-10-19-8-5-7-18-6-3-4-9-20(18)19/h3-9,14-15,27H,10-13H2,1-2H3,(H,30,32,33). The van der Waals surface area contributed by atoms with Gasteiger partial charge in [-0.1, -0.05) is 42.5 Å². The van der Waals surface area contributed by atoms with Gasteiger partial charge in [-0.3, -0.25) is 9.78 Å². The smallest absolute Gasteiger partial charge is 0.321 e. The van der Waals surface area contributed by atoms with Gasteiger partial charge < -0.3 is 9.88 Å². The van der Waals surface area contributed by atoms with Crippen LogP contribution < -0.4 is 16.6 Å². The fourth-order valence-corrected chi connectivity index (χ4v) is 4.33. The Morgan fingerprint density at radius 3 is 2.61 bits per heavy atom. The van der Waals surface area contributed by atoms with Crippen LogP contribution in [0.15, 0.2) is 64.2 Å². The summed E-state index contributed by atoms with van der Waals surface area (Å²) >= 11 is 0. The second-order valence-electron chi connectivity index (χ2n) is 8.37. The minimum Gasteiger partial charge on any atom is -0.321 e. The summed E-state index contributed by atoms with van der Waals surface area (Å²) in [6.45, 7) is 6.09. The maximum absolute atomic E-state index is 12.4. The quantitative estimate of drug-likeness (QED) is 0.313. The van der Waals surface area contributed by atoms with Gasteiger partial charge in [-0.15, -0.1) is 0 Å². The maximum atomic E-state index is 12.4. The first-order valence-electron chi connectivity index (χ1n) is 11.1. The topological polar surface area (TPSA) is 92.7 Å². The molecule has 0 atom stereocenters. The zero-order valence-electron chi connectivity index (χ0n) is 18.7. The third-order valence-corrected chi connectivity index (χ3v) is 6.19. The molecule has 7 heteroatoms. The van der Waals surface area contributed by atoms with Crippen LogP contribution in [0, 0.1) is 13.8 Å². The number of hydrogen-bond acceptors (Lipinski definition) is 5. The van der Waals surface area contributed by atoms with E-state index in [1.54, 1.807) is 0 Å². The Morgan fingerprint density at radius 1 is 0.939 bits per heavy atom. The van der Waals surface area contributed by atoms with Crippen molar-refractivity contribution in [3.05, 3.63) is 92.1 Å². The highest BCUT2D eigenvalue weighted by Gasteiger charge is 2.19. The molecule has 0 fully saturated rings. The predicted molar refractivity (Wildman–Crippen MR) is 131 cm³/mol. The van der Waals surface area contributed by atoms with Crippen molar-refractivity contribution in [1.29, 1.82) is 0 Å². The fraction of sp³-hybridized carbons (Fsp3) is 0.231. The number of benzene rings is 3. The predicted octanol–water partition coefficient (Wildman–Crippen LogP) is 3.19. The Morgan fingerprint density at radius 2 is 1.73 bits per heavy atom. The molecule has 2 N–H and O–H groups in total. The van der Waals surface area contributed by atoms with Crippen molar-refractivity contribution < 1.29 is 0 Å². The van der Waals surface area contributed by atoms with E-state index in [1.807, 2.05) is 30.5 Å². The van der Waals surface area contributed by atoms with Crippen molar-refractivity contribution in [2.45, 2.75) is 26.8 Å². The lowest BCUT2D eigenvalue weighted by molar-refractivity contribution is 0.604. The molecule has 3 aromatic rings. The molecule has 166 valence electrons. The molecule has 0 aromatic heterocycles. The highest BCUT2D eigenvalue weighted by atomic mass is 16.2. The molecule has 3 aromatic carbocycles. The summed E-state index contributed by atoms with van der Waals surface area (Å²) in [5.41, 5.74) is 4.11. The highest BCUT2D eigenvalue weighted by molar-refractivity contribution is 5.85. The normalized spacial score (nSPS) is 11.6. The molecule has 2 aliphatic heterocycles. The van der Waals surface area contributed by atoms with E-state index in [4.69, 9.17) is 0 Å². The molecule has 2 aliphatic rings. The van der Waals surface area contributed by atoms with Gasteiger partial charge in [-0.05, 0) is 66.4 Å². The van der Waals surface area contributed by atoms with E-state index in [0.717, 1.165) is 29.6 Å². The van der Waals surface area contributed by atoms with Crippen LogP contribution in [0.1, 0.15) is 16.7 Å². The summed E-state index contributed by atoms with van der Waals surface area (Å²) < 4.78 is 1.92. The second-order valence-corrected chi connectivity index (χ2v) is 8.37. The molecular weight excluding hydrogens is 414 g/mol. The van der Waals surface area contributed by atoms with Crippen LogP contribution in [0.2, 0.25) is 0 Å². The monoisotopic (exact) mass is 439 g/mol. The number of aromatic amines is 1. The van der Waals surface area contributed by atoms with E-state index < -0.39 is 11.2 Å². The van der Waals surface area contributed by atoms with Crippen molar-refractivity contribution in [3.63, 3.8) is 0 Å². The first-order valence-corrected chi connectivity index (χ1v) is 11.1. The largest absolute Gasteiger partial charge is 0.349 e. The third-order valence-electron chi connectivity index (χ3n) is 6.19. The van der Waals surface area contributed by atoms with E-state index in [2.05, 4.69) is 62.7 Å². The lowest BCUT2D eigenvalue weighted by Crippen LogP contribution is -2.30. The molecule has 0 unspecified atom stereocenters. The van der Waals surface area contributed by atoms with Gasteiger partial charge in [0.1, 0.15) is 0 Å². The second kappa shape index (κ2) is 8.60. The molecule has 0 saturated heterocycles. The highest BCUT2D eigenvalue weighted by Crippen LogP contribution is 2.23. The van der Waals surface area contributed by atoms with Crippen LogP contribution in [-0.4, -0.2) is 32.6 Å². The van der Waals surface area contributed by atoms with Crippen molar-refractivity contribution in [3.8, 4) is 11.5 Å². The number of rotatable bonds is 6. The summed E-state index contributed by atoms with van der Waals surface area (Å²) in [6.07, 6.45) is 0.908. The molecule has 5 rings (SSSR count). The molecule has 2 heterocycles. The van der Waals surface area contributed by atoms with E-state index >= 15 is 0 Å². The lowest BCUT2D eigenvalue weighted by Gasteiger charge is -2.18. The zero-order chi connectivity index (χ0) is 22.9. The van der Waals surface area contributed by atoms with E-state index in [0.29, 0.717) is 24.4 Å². The first-order chi connectivity index (χ1) is 16.0. The van der Waals surface area contributed by atoms with E-state index in [-0.39, 0.29) is 5.69 Å². The number of hydrogen-bond donors (Lipinski definition) is 2. The number of H-pyrrole nitrogens is 1. The Kier molecular flexibility index (Phi) is 5.48. The molecular formula is C26H25N5O2. The molecule has 0 saturated carbocycles. The summed E-state index contributed by atoms with van der Waals surface area (Å²) in [5, 5.41) is 6.02. The van der Waals surface area contributed by atoms with Gasteiger partial charge in [-0.2, -0.15) is 4.98 Å². The Labute approximate surface area is 190 Å². The number of nitrogens with zero attached hydrogens (tertiary/aromatic N) is 3. The van der Waals surface area contributed by atoms with Crippen LogP contribution in [0.25, 0.3) is 33.3 Å². The average Bonchev–Trinajstić information content (AvgIpc) is 2.80. The summed E-state index contributed by atoms with van der Waals surface area (Å²) in [7, 11) is 0. The Balaban J connectivity index is 1.40. The van der Waals surface area contributed by atoms with Crippen molar-refractivity contribution >= 4 is 21.8 Å². The maximum Gasteiger partial charge on any atom is 0.349 e. The van der Waals surface area contributed by atoms with Crippen molar-refractivity contribution in [1.82, 2.24) is 24.8 Å². The summed E-state index contributed by atoms with van der Waals surface area (Å²) in [6, 6.07) is 18.8. The number of aromatic nitrogens is 4. The SMILES string of the molecule is Cc1cc2nc3c(=O)[nH]c(=O)nc-3n(CCNCCc3cccc4ccccc34)c2cc1C. The summed E-state index contributed by atoms with van der Waals surface area (Å²) in [4.78, 5) is 35.1. The fourth-order valence-electron chi connectivity index (χ4n) is 4.33. The minimum atomic E-state index is -0.657. The van der Waals surface area contributed by atoms with Crippen LogP contribution in [-0.2, 0) is 13.0 Å². The van der Waals surface area contributed by atoms with Crippen LogP contribution >= 0.6 is 0 Å². The van der Waals surface area contributed by atoms with Crippen molar-refractivity contribution in [2.75, 3.05) is 13.1 Å². The molecule has 0 spiro atoms. The van der Waals surface area contributed by atoms with E-state index in [9.17, 15) is 9.59 Å². The molecule has 0 radical (unpaired) electrons. The number of fused-ring (bicyclic) bond motifs is 3. The number of nitrogens with one attached hydrogen (secondary N) is 2. The molecule has 7 nitrogen and oxygen atoms in total. The van der Waals surface area contributed by atoms with Gasteiger partial charge in [0.15, 0.2) is 11.5 Å². The van der Waals surface area contributed by atoms with Gasteiger partial charge in [0.25, 0.3) is 5.56 Å². The van der Waals surface area contributed by atoms with Crippen LogP contribution in [0.3, 0.4) is 0 Å². The van der Waals surface area contributed by atoms with Crippen LogP contribution in [0.5, 0.6) is 0 Å². The van der Waals surface area contributed by atoms with Crippen LogP contribution in [0.4, 0.5) is 0 Å². The first kappa shape index (κ1) is 21.0. The lowest BCUT2D eigenvalue weighted by atomic mass is 10.0. The zero-order valence-corrected chi connectivity index (χ0v) is 18.7. The summed E-state index contributed by atoms with van der Waals surface area (Å²) in [5.74, 6) is 0.315. The Bertz CT molecular complexity index is 1560. The molecule has 0 amide bonds. The van der Waals surface area contributed by atoms with E-state index in [1.165, 1.54) is 16.3 Å². The van der Waals surface area contributed by atoms with Crippen molar-refractivity contribution in [2.24, 2.45) is 0 Å². The molecule has 0 bridgehead atoms. The van der Waals surface area contributed by atoms with Gasteiger partial charge in [0.05, 0.1) is 11.0 Å². The molecule has 0 aliphatic carbocycles. The average molecular weight is 440 g/mol. The Hall–Kier alpha value is -3.84. The van der Waals surface area contributed by atoms with Gasteiger partial charge in [-0.25, -0.2) is 9.78 Å².